The lowest BCUT2D eigenvalue weighted by molar-refractivity contribution is -0.129. The summed E-state index contributed by atoms with van der Waals surface area (Å²) in [6, 6.07) is 0. The van der Waals surface area contributed by atoms with Crippen LogP contribution in [-0.4, -0.2) is 45.7 Å². The average molecular weight is 325 g/mol. The molecular formula is C14H17ClN4OS. The summed E-state index contributed by atoms with van der Waals surface area (Å²) in [4.78, 5) is 22.3. The van der Waals surface area contributed by atoms with Crippen molar-refractivity contribution in [3.63, 3.8) is 0 Å². The van der Waals surface area contributed by atoms with E-state index in [-0.39, 0.29) is 5.91 Å². The van der Waals surface area contributed by atoms with Gasteiger partial charge in [0.25, 0.3) is 0 Å². The van der Waals surface area contributed by atoms with Crippen LogP contribution in [0, 0.1) is 0 Å². The highest BCUT2D eigenvalue weighted by Crippen LogP contribution is 2.50. The van der Waals surface area contributed by atoms with Crippen molar-refractivity contribution in [3.05, 3.63) is 23.4 Å². The zero-order chi connectivity index (χ0) is 15.0. The summed E-state index contributed by atoms with van der Waals surface area (Å²) < 4.78 is 0. The molecule has 1 N–H and O–H groups in total. The number of amides is 1. The van der Waals surface area contributed by atoms with Crippen molar-refractivity contribution in [2.75, 3.05) is 25.0 Å². The van der Waals surface area contributed by atoms with Gasteiger partial charge in [0.1, 0.15) is 10.2 Å². The maximum absolute atomic E-state index is 11.5. The monoisotopic (exact) mass is 324 g/mol. The van der Waals surface area contributed by atoms with Crippen molar-refractivity contribution >= 4 is 35.2 Å². The molecule has 1 aromatic heterocycles. The lowest BCUT2D eigenvalue weighted by atomic mass is 9.91. The molecule has 0 bridgehead atoms. The zero-order valence-corrected chi connectivity index (χ0v) is 13.4. The van der Waals surface area contributed by atoms with Gasteiger partial charge in [-0.2, -0.15) is 0 Å². The molecule has 0 aliphatic carbocycles. The molecule has 0 radical (unpaired) electrons. The highest BCUT2D eigenvalue weighted by molar-refractivity contribution is 8.00. The fourth-order valence-electron chi connectivity index (χ4n) is 2.86. The van der Waals surface area contributed by atoms with E-state index >= 15 is 0 Å². The summed E-state index contributed by atoms with van der Waals surface area (Å²) >= 11 is 8.07. The Bertz CT molecular complexity index is 595. The Hall–Kier alpha value is -1.27. The van der Waals surface area contributed by atoms with Crippen LogP contribution in [-0.2, 0) is 4.79 Å². The Balaban J connectivity index is 1.85. The lowest BCUT2D eigenvalue weighted by Crippen LogP contribution is -2.42. The third-order valence-corrected chi connectivity index (χ3v) is 5.51. The number of likely N-dealkylation sites (tertiary alicyclic amines) is 1. The van der Waals surface area contributed by atoms with Crippen LogP contribution in [0.1, 0.15) is 24.8 Å². The molecule has 3 rings (SSSR count). The standard InChI is InChI=1S/C14H17ClN4OS/c1-3-5-16-14-17-12(15)11-9-4-6-19(8(2)20)7-10(9)21-13(11)18-14/h3,9-10H,1,4-7H2,2H3,(H,16,17,18). The third-order valence-electron chi connectivity index (χ3n) is 3.91. The first-order chi connectivity index (χ1) is 10.1. The van der Waals surface area contributed by atoms with Gasteiger partial charge in [0, 0.05) is 43.3 Å². The minimum atomic E-state index is 0.135. The molecule has 1 saturated heterocycles. The van der Waals surface area contributed by atoms with Crippen LogP contribution in [0.15, 0.2) is 17.7 Å². The van der Waals surface area contributed by atoms with Crippen LogP contribution in [0.4, 0.5) is 5.95 Å². The molecule has 2 unspecified atom stereocenters. The molecule has 0 saturated carbocycles. The molecule has 0 spiro atoms. The Kier molecular flexibility index (Phi) is 4.08. The van der Waals surface area contributed by atoms with Gasteiger partial charge in [-0.1, -0.05) is 17.7 Å². The molecule has 2 aliphatic rings. The molecule has 1 fully saturated rings. The maximum atomic E-state index is 11.5. The van der Waals surface area contributed by atoms with Crippen molar-refractivity contribution < 1.29 is 4.79 Å². The number of thioether (sulfide) groups is 1. The molecule has 5 nitrogen and oxygen atoms in total. The van der Waals surface area contributed by atoms with Crippen LogP contribution in [0.25, 0.3) is 0 Å². The molecule has 1 amide bonds. The minimum Gasteiger partial charge on any atom is -0.351 e. The van der Waals surface area contributed by atoms with Crippen LogP contribution >= 0.6 is 23.4 Å². The predicted molar refractivity (Wildman–Crippen MR) is 85.0 cm³/mol. The average Bonchev–Trinajstić information content (AvgIpc) is 2.82. The van der Waals surface area contributed by atoms with Gasteiger partial charge in [-0.15, -0.1) is 18.3 Å². The molecule has 2 aliphatic heterocycles. The summed E-state index contributed by atoms with van der Waals surface area (Å²) in [5.74, 6) is 1.02. The van der Waals surface area contributed by atoms with E-state index in [9.17, 15) is 4.79 Å². The van der Waals surface area contributed by atoms with E-state index in [1.807, 2.05) is 4.90 Å². The number of carbonyl (C=O) groups excluding carboxylic acids is 1. The van der Waals surface area contributed by atoms with Gasteiger partial charge >= 0.3 is 0 Å². The van der Waals surface area contributed by atoms with Crippen molar-refractivity contribution in [3.8, 4) is 0 Å². The lowest BCUT2D eigenvalue weighted by Gasteiger charge is -2.33. The number of aromatic nitrogens is 2. The fourth-order valence-corrected chi connectivity index (χ4v) is 4.72. The van der Waals surface area contributed by atoms with Crippen molar-refractivity contribution in [1.29, 1.82) is 0 Å². The largest absolute Gasteiger partial charge is 0.351 e. The molecule has 1 aromatic rings. The topological polar surface area (TPSA) is 58.1 Å². The van der Waals surface area contributed by atoms with Crippen LogP contribution in [0.5, 0.6) is 0 Å². The molecule has 7 heteroatoms. The van der Waals surface area contributed by atoms with E-state index < -0.39 is 0 Å². The number of halogens is 1. The molecule has 3 heterocycles. The van der Waals surface area contributed by atoms with E-state index in [1.165, 1.54) is 0 Å². The summed E-state index contributed by atoms with van der Waals surface area (Å²) in [5, 5.41) is 4.88. The number of hydrogen-bond acceptors (Lipinski definition) is 5. The summed E-state index contributed by atoms with van der Waals surface area (Å²) in [6.07, 6.45) is 2.68. The van der Waals surface area contributed by atoms with E-state index in [1.54, 1.807) is 24.8 Å². The number of carbonyl (C=O) groups is 1. The summed E-state index contributed by atoms with van der Waals surface area (Å²) in [6.45, 7) is 7.42. The molecule has 21 heavy (non-hydrogen) atoms. The molecule has 112 valence electrons. The highest BCUT2D eigenvalue weighted by Gasteiger charge is 2.41. The molecular weight excluding hydrogens is 308 g/mol. The molecule has 0 aromatic carbocycles. The van der Waals surface area contributed by atoms with E-state index in [4.69, 9.17) is 11.6 Å². The van der Waals surface area contributed by atoms with Gasteiger partial charge in [-0.3, -0.25) is 4.79 Å². The Labute approximate surface area is 133 Å². The van der Waals surface area contributed by atoms with E-state index in [0.29, 0.717) is 28.8 Å². The van der Waals surface area contributed by atoms with Gasteiger partial charge < -0.3 is 10.2 Å². The number of fused-ring (bicyclic) bond motifs is 3. The van der Waals surface area contributed by atoms with Crippen LogP contribution < -0.4 is 5.32 Å². The predicted octanol–water partition coefficient (Wildman–Crippen LogP) is 2.54. The molecule has 2 atom stereocenters. The second kappa shape index (κ2) is 5.85. The maximum Gasteiger partial charge on any atom is 0.225 e. The number of rotatable bonds is 3. The number of anilines is 1. The number of nitrogens with zero attached hydrogens (tertiary/aromatic N) is 3. The number of hydrogen-bond donors (Lipinski definition) is 1. The van der Waals surface area contributed by atoms with Gasteiger partial charge in [-0.05, 0) is 6.42 Å². The van der Waals surface area contributed by atoms with Crippen LogP contribution in [0.3, 0.4) is 0 Å². The quantitative estimate of drug-likeness (QED) is 0.684. The minimum absolute atomic E-state index is 0.135. The van der Waals surface area contributed by atoms with Crippen molar-refractivity contribution in [2.45, 2.75) is 29.5 Å². The first kappa shape index (κ1) is 14.7. The van der Waals surface area contributed by atoms with E-state index in [0.717, 1.165) is 30.1 Å². The second-order valence-electron chi connectivity index (χ2n) is 5.24. The van der Waals surface area contributed by atoms with Gasteiger partial charge in [-0.25, -0.2) is 9.97 Å². The summed E-state index contributed by atoms with van der Waals surface area (Å²) in [7, 11) is 0. The zero-order valence-electron chi connectivity index (χ0n) is 11.8. The smallest absolute Gasteiger partial charge is 0.225 e. The normalized spacial score (nSPS) is 23.4. The van der Waals surface area contributed by atoms with Crippen molar-refractivity contribution in [1.82, 2.24) is 14.9 Å². The first-order valence-electron chi connectivity index (χ1n) is 6.94. The Morgan fingerprint density at radius 1 is 1.62 bits per heavy atom. The number of piperidine rings is 1. The van der Waals surface area contributed by atoms with Gasteiger partial charge in [0.15, 0.2) is 0 Å². The third kappa shape index (κ3) is 2.74. The van der Waals surface area contributed by atoms with Crippen LogP contribution in [0.2, 0.25) is 5.15 Å². The Morgan fingerprint density at radius 3 is 3.14 bits per heavy atom. The Morgan fingerprint density at radius 2 is 2.43 bits per heavy atom. The second-order valence-corrected chi connectivity index (χ2v) is 6.83. The highest BCUT2D eigenvalue weighted by atomic mass is 35.5. The first-order valence-corrected chi connectivity index (χ1v) is 8.20. The van der Waals surface area contributed by atoms with Gasteiger partial charge in [0.05, 0.1) is 0 Å². The summed E-state index contributed by atoms with van der Waals surface area (Å²) in [5.41, 5.74) is 1.05. The number of nitrogens with one attached hydrogen (secondary N) is 1. The van der Waals surface area contributed by atoms with Crippen molar-refractivity contribution in [2.24, 2.45) is 0 Å². The van der Waals surface area contributed by atoms with Gasteiger partial charge in [0.2, 0.25) is 11.9 Å². The van der Waals surface area contributed by atoms with E-state index in [2.05, 4.69) is 21.9 Å². The SMILES string of the molecule is C=CCNc1nc(Cl)c2c(n1)SC1CN(C(C)=O)CCC21. The fraction of sp³-hybridized carbons (Fsp3) is 0.500.